The Morgan fingerprint density at radius 3 is 2.59 bits per heavy atom. The van der Waals surface area contributed by atoms with E-state index in [1.807, 2.05) is 0 Å². The largest absolute Gasteiger partial charge is 0.481 e. The summed E-state index contributed by atoms with van der Waals surface area (Å²) in [7, 11) is 0. The summed E-state index contributed by atoms with van der Waals surface area (Å²) < 4.78 is 0. The molecule has 27 heavy (non-hydrogen) atoms. The number of carboxylic acid groups (broad SMARTS) is 1. The van der Waals surface area contributed by atoms with Crippen LogP contribution in [0.15, 0.2) is 0 Å². The minimum Gasteiger partial charge on any atom is -0.481 e. The summed E-state index contributed by atoms with van der Waals surface area (Å²) in [5, 5.41) is 19.1. The van der Waals surface area contributed by atoms with Crippen molar-refractivity contribution in [2.24, 2.45) is 40.9 Å². The first kappa shape index (κ1) is 21.1. The molecule has 0 saturated heterocycles. The van der Waals surface area contributed by atoms with Gasteiger partial charge in [0, 0.05) is 6.42 Å². The summed E-state index contributed by atoms with van der Waals surface area (Å²) in [6.07, 6.45) is 13.7. The van der Waals surface area contributed by atoms with Crippen LogP contribution in [0.25, 0.3) is 0 Å². The molecule has 8 atom stereocenters. The van der Waals surface area contributed by atoms with Gasteiger partial charge in [0.15, 0.2) is 0 Å². The molecule has 0 aromatic carbocycles. The molecule has 0 aliphatic heterocycles. The van der Waals surface area contributed by atoms with Crippen molar-refractivity contribution in [3.63, 3.8) is 0 Å². The first-order valence-electron chi connectivity index (χ1n) is 11.7. The number of hydrogen-bond acceptors (Lipinski definition) is 2. The van der Waals surface area contributed by atoms with Crippen LogP contribution in [-0.2, 0) is 4.79 Å². The number of carboxylic acids is 1. The van der Waals surface area contributed by atoms with Gasteiger partial charge in [-0.25, -0.2) is 0 Å². The van der Waals surface area contributed by atoms with Crippen molar-refractivity contribution in [2.75, 3.05) is 0 Å². The summed E-state index contributed by atoms with van der Waals surface area (Å²) in [5.41, 5.74) is 0.429. The van der Waals surface area contributed by atoms with Crippen molar-refractivity contribution in [3.8, 4) is 0 Å². The molecular formula is C24H42O3. The highest BCUT2D eigenvalue weighted by atomic mass is 16.4. The molecule has 3 aliphatic carbocycles. The van der Waals surface area contributed by atoms with Gasteiger partial charge in [-0.3, -0.25) is 4.79 Å². The smallest absolute Gasteiger partial charge is 0.303 e. The summed E-state index contributed by atoms with van der Waals surface area (Å²) in [5.74, 6) is 3.78. The van der Waals surface area contributed by atoms with Crippen molar-refractivity contribution >= 4 is 5.97 Å². The Bertz CT molecular complexity index is 504. The molecule has 0 heterocycles. The zero-order valence-electron chi connectivity index (χ0n) is 17.8. The summed E-state index contributed by atoms with van der Waals surface area (Å²) in [4.78, 5) is 11.0. The summed E-state index contributed by atoms with van der Waals surface area (Å²) >= 11 is 0. The van der Waals surface area contributed by atoms with Crippen molar-refractivity contribution in [1.82, 2.24) is 0 Å². The third-order valence-corrected chi connectivity index (χ3v) is 9.09. The molecule has 0 aromatic rings. The van der Waals surface area contributed by atoms with Gasteiger partial charge in [0.1, 0.15) is 0 Å². The van der Waals surface area contributed by atoms with Gasteiger partial charge in [-0.2, -0.15) is 0 Å². The van der Waals surface area contributed by atoms with Crippen molar-refractivity contribution in [1.29, 1.82) is 0 Å². The Labute approximate surface area is 166 Å². The molecule has 2 N–H and O–H groups in total. The van der Waals surface area contributed by atoms with Crippen LogP contribution in [0, 0.1) is 40.9 Å². The predicted molar refractivity (Wildman–Crippen MR) is 109 cm³/mol. The van der Waals surface area contributed by atoms with Crippen LogP contribution in [-0.4, -0.2) is 22.3 Å². The third-order valence-electron chi connectivity index (χ3n) is 9.09. The number of carbonyl (C=O) groups is 1. The van der Waals surface area contributed by atoms with E-state index < -0.39 is 5.97 Å². The Morgan fingerprint density at radius 1 is 1.11 bits per heavy atom. The Kier molecular flexibility index (Phi) is 6.93. The first-order valence-corrected chi connectivity index (χ1v) is 11.7. The summed E-state index contributed by atoms with van der Waals surface area (Å²) in [6, 6.07) is 0. The molecule has 0 aromatic heterocycles. The molecular weight excluding hydrogens is 336 g/mol. The van der Waals surface area contributed by atoms with E-state index in [2.05, 4.69) is 20.8 Å². The van der Waals surface area contributed by atoms with Gasteiger partial charge in [0.05, 0.1) is 6.10 Å². The molecule has 0 spiro atoms. The van der Waals surface area contributed by atoms with E-state index in [0.29, 0.717) is 29.6 Å². The molecule has 0 radical (unpaired) electrons. The molecule has 3 rings (SSSR count). The van der Waals surface area contributed by atoms with E-state index in [-0.39, 0.29) is 6.10 Å². The SMILES string of the molecule is CC1CCC(O)CC1CCC1CCCC2(C)C1CCC2[C@H](C)CCC(=O)O. The average molecular weight is 379 g/mol. The van der Waals surface area contributed by atoms with E-state index in [4.69, 9.17) is 5.11 Å². The maximum Gasteiger partial charge on any atom is 0.303 e. The van der Waals surface area contributed by atoms with Crippen molar-refractivity contribution < 1.29 is 15.0 Å². The molecule has 3 nitrogen and oxygen atoms in total. The van der Waals surface area contributed by atoms with E-state index in [1.54, 1.807) is 0 Å². The number of hydrogen-bond donors (Lipinski definition) is 2. The minimum atomic E-state index is -0.646. The number of rotatable bonds is 7. The second-order valence-corrected chi connectivity index (χ2v) is 10.6. The lowest BCUT2D eigenvalue weighted by molar-refractivity contribution is -0.137. The third kappa shape index (κ3) is 4.71. The van der Waals surface area contributed by atoms with Gasteiger partial charge in [0.25, 0.3) is 0 Å². The minimum absolute atomic E-state index is 0.0613. The Hall–Kier alpha value is -0.570. The number of aliphatic hydroxyl groups is 1. The highest BCUT2D eigenvalue weighted by Gasteiger charge is 2.52. The molecule has 7 unspecified atom stereocenters. The van der Waals surface area contributed by atoms with Crippen molar-refractivity contribution in [2.45, 2.75) is 104 Å². The van der Waals surface area contributed by atoms with E-state index in [9.17, 15) is 9.90 Å². The lowest BCUT2D eigenvalue weighted by Gasteiger charge is -2.47. The van der Waals surface area contributed by atoms with Crippen molar-refractivity contribution in [3.05, 3.63) is 0 Å². The first-order chi connectivity index (χ1) is 12.8. The number of aliphatic carboxylic acids is 1. The van der Waals surface area contributed by atoms with Crippen LogP contribution in [0.3, 0.4) is 0 Å². The molecule has 0 amide bonds. The molecule has 3 aliphatic rings. The van der Waals surface area contributed by atoms with Crippen LogP contribution < -0.4 is 0 Å². The van der Waals surface area contributed by atoms with Crippen LogP contribution in [0.4, 0.5) is 0 Å². The van der Waals surface area contributed by atoms with Gasteiger partial charge in [-0.05, 0) is 98.7 Å². The van der Waals surface area contributed by atoms with Crippen LogP contribution in [0.5, 0.6) is 0 Å². The van der Waals surface area contributed by atoms with Gasteiger partial charge in [0.2, 0.25) is 0 Å². The second-order valence-electron chi connectivity index (χ2n) is 10.6. The second kappa shape index (κ2) is 8.84. The fourth-order valence-electron chi connectivity index (χ4n) is 7.44. The van der Waals surface area contributed by atoms with E-state index in [0.717, 1.165) is 37.0 Å². The zero-order valence-corrected chi connectivity index (χ0v) is 17.8. The molecule has 3 fully saturated rings. The fourth-order valence-corrected chi connectivity index (χ4v) is 7.44. The topological polar surface area (TPSA) is 57.5 Å². The molecule has 0 bridgehead atoms. The van der Waals surface area contributed by atoms with Crippen LogP contribution in [0.2, 0.25) is 0 Å². The highest BCUT2D eigenvalue weighted by molar-refractivity contribution is 5.66. The molecule has 3 saturated carbocycles. The maximum absolute atomic E-state index is 11.0. The monoisotopic (exact) mass is 378 g/mol. The normalized spacial score (nSPS) is 43.3. The standard InChI is InChI=1S/C24H42O3/c1-16-6-10-20(25)15-19(16)9-8-18-5-4-14-24(3)21(11-12-22(18)24)17(2)7-13-23(26)27/h16-22,25H,4-15H2,1-3H3,(H,26,27)/t16?,17-,18?,19?,20?,21?,22?,24?/m1/s1. The lowest BCUT2D eigenvalue weighted by atomic mass is 9.58. The highest BCUT2D eigenvalue weighted by Crippen LogP contribution is 2.60. The van der Waals surface area contributed by atoms with Gasteiger partial charge in [-0.1, -0.05) is 33.6 Å². The fraction of sp³-hybridized carbons (Fsp3) is 0.958. The average Bonchev–Trinajstić information content (AvgIpc) is 2.98. The van der Waals surface area contributed by atoms with Gasteiger partial charge in [-0.15, -0.1) is 0 Å². The van der Waals surface area contributed by atoms with Gasteiger partial charge >= 0.3 is 5.97 Å². The summed E-state index contributed by atoms with van der Waals surface area (Å²) in [6.45, 7) is 7.22. The number of aliphatic hydroxyl groups excluding tert-OH is 1. The quantitative estimate of drug-likeness (QED) is 0.580. The molecule has 156 valence electrons. The predicted octanol–water partition coefficient (Wildman–Crippen LogP) is 5.90. The maximum atomic E-state index is 11.0. The number of fused-ring (bicyclic) bond motifs is 1. The Morgan fingerprint density at radius 2 is 1.85 bits per heavy atom. The zero-order chi connectivity index (χ0) is 19.6. The van der Waals surface area contributed by atoms with Gasteiger partial charge < -0.3 is 10.2 Å². The Balaban J connectivity index is 1.58. The van der Waals surface area contributed by atoms with E-state index >= 15 is 0 Å². The molecule has 3 heteroatoms. The van der Waals surface area contributed by atoms with Crippen LogP contribution in [0.1, 0.15) is 97.8 Å². The van der Waals surface area contributed by atoms with Crippen LogP contribution >= 0.6 is 0 Å². The lowest BCUT2D eigenvalue weighted by Crippen LogP contribution is -2.39. The van der Waals surface area contributed by atoms with E-state index in [1.165, 1.54) is 51.4 Å².